The molecule has 2 fully saturated rings. The Labute approximate surface area is 445 Å². The Kier molecular flexibility index (Phi) is 18.3. The molecule has 17 heteroatoms. The maximum atomic E-state index is 13.8. The van der Waals surface area contributed by atoms with Gasteiger partial charge in [0.1, 0.15) is 31.8 Å². The number of hydrogen-bond acceptors (Lipinski definition) is 13. The van der Waals surface area contributed by atoms with Crippen molar-refractivity contribution in [2.24, 2.45) is 11.8 Å². The average molecular weight is 1060 g/mol. The van der Waals surface area contributed by atoms with E-state index in [2.05, 4.69) is 92.1 Å². The lowest BCUT2D eigenvalue weighted by atomic mass is 9.83. The highest BCUT2D eigenvalue weighted by Gasteiger charge is 2.50. The molecule has 6 atom stereocenters. The first-order chi connectivity index (χ1) is 36.7. The van der Waals surface area contributed by atoms with Gasteiger partial charge >= 0.3 is 18.2 Å². The van der Waals surface area contributed by atoms with Crippen LogP contribution < -0.4 is 25.7 Å². The number of rotatable bonds is 21. The van der Waals surface area contributed by atoms with Gasteiger partial charge in [0.15, 0.2) is 6.10 Å². The quantitative estimate of drug-likeness (QED) is 0.0234. The van der Waals surface area contributed by atoms with Crippen molar-refractivity contribution >= 4 is 54.9 Å². The molecule has 2 unspecified atom stereocenters. The minimum Gasteiger partial charge on any atom is -0.465 e. The van der Waals surface area contributed by atoms with E-state index in [1.165, 1.54) is 17.3 Å². The number of amides is 3. The predicted octanol–water partition coefficient (Wildman–Crippen LogP) is 8.69. The molecular formula is C59H69N3O13Si. The fourth-order valence-corrected chi connectivity index (χ4v) is 15.2. The number of carbonyl (C=O) groups excluding carboxylic acids is 5. The second-order valence-electron chi connectivity index (χ2n) is 20.5. The van der Waals surface area contributed by atoms with Crippen LogP contribution in [0.25, 0.3) is 11.1 Å². The lowest BCUT2D eigenvalue weighted by Gasteiger charge is -2.43. The van der Waals surface area contributed by atoms with Crippen molar-refractivity contribution in [3.8, 4) is 16.9 Å². The van der Waals surface area contributed by atoms with Crippen molar-refractivity contribution in [3.63, 3.8) is 0 Å². The maximum Gasteiger partial charge on any atom is 0.412 e. The molecule has 1 aliphatic carbocycles. The lowest BCUT2D eigenvalue weighted by molar-refractivity contribution is -0.252. The lowest BCUT2D eigenvalue weighted by Crippen LogP contribution is -2.66. The Morgan fingerprint density at radius 1 is 0.803 bits per heavy atom. The SMILES string of the molecule is CC(=O)O[C@H]1C(Oc2ccc(COC(=O)N3CCOC3CCCO[Si](c3ccccc3)(c3ccccc3)C(C)(C)C)cc2NC(=O)CCNC(=O)OCC2c3ccccc3-c3ccccc32)O[C@H](COC=O)[C@@H](C)[C@@H]1C. The Morgan fingerprint density at radius 2 is 1.45 bits per heavy atom. The van der Waals surface area contributed by atoms with Gasteiger partial charge in [-0.05, 0) is 74.1 Å². The molecule has 5 aromatic carbocycles. The molecule has 16 nitrogen and oxygen atoms in total. The zero-order chi connectivity index (χ0) is 53.8. The Morgan fingerprint density at radius 3 is 2.08 bits per heavy atom. The smallest absolute Gasteiger partial charge is 0.412 e. The Balaban J connectivity index is 0.916. The largest absolute Gasteiger partial charge is 0.465 e. The van der Waals surface area contributed by atoms with Crippen LogP contribution in [-0.2, 0) is 53.8 Å². The summed E-state index contributed by atoms with van der Waals surface area (Å²) in [5.74, 6) is -1.50. The summed E-state index contributed by atoms with van der Waals surface area (Å²) in [5.41, 5.74) is 5.09. The minimum absolute atomic E-state index is 0.0469. The van der Waals surface area contributed by atoms with E-state index in [9.17, 15) is 24.0 Å². The molecule has 3 amide bonds. The number of carbonyl (C=O) groups is 5. The van der Waals surface area contributed by atoms with Crippen LogP contribution in [0.5, 0.6) is 5.75 Å². The molecule has 2 heterocycles. The van der Waals surface area contributed by atoms with Crippen molar-refractivity contribution < 1.29 is 61.6 Å². The summed E-state index contributed by atoms with van der Waals surface area (Å²) in [7, 11) is -2.75. The molecule has 8 rings (SSSR count). The molecule has 2 saturated heterocycles. The highest BCUT2D eigenvalue weighted by atomic mass is 28.4. The molecular weight excluding hydrogens is 987 g/mol. The van der Waals surface area contributed by atoms with Gasteiger partial charge in [-0.3, -0.25) is 19.3 Å². The van der Waals surface area contributed by atoms with Crippen molar-refractivity contribution in [1.29, 1.82) is 0 Å². The van der Waals surface area contributed by atoms with Gasteiger partial charge in [-0.15, -0.1) is 0 Å². The number of alkyl carbamates (subject to hydrolysis) is 1. The normalized spacial score (nSPS) is 20.2. The van der Waals surface area contributed by atoms with E-state index < -0.39 is 57.1 Å². The van der Waals surface area contributed by atoms with Gasteiger partial charge in [0.25, 0.3) is 14.8 Å². The first-order valence-corrected chi connectivity index (χ1v) is 28.0. The summed E-state index contributed by atoms with van der Waals surface area (Å²) in [6, 6.07) is 41.9. The molecule has 2 aliphatic heterocycles. The molecule has 5 aromatic rings. The summed E-state index contributed by atoms with van der Waals surface area (Å²) >= 11 is 0. The number of fused-ring (bicyclic) bond motifs is 3. The van der Waals surface area contributed by atoms with Crippen molar-refractivity contribution in [2.45, 2.75) is 103 Å². The van der Waals surface area contributed by atoms with Gasteiger partial charge in [-0.2, -0.15) is 0 Å². The monoisotopic (exact) mass is 1060 g/mol. The van der Waals surface area contributed by atoms with E-state index >= 15 is 0 Å². The average Bonchev–Trinajstić information content (AvgIpc) is 4.07. The topological polar surface area (TPSA) is 186 Å². The van der Waals surface area contributed by atoms with Crippen LogP contribution in [0.2, 0.25) is 5.04 Å². The number of anilines is 1. The van der Waals surface area contributed by atoms with Crippen molar-refractivity contribution in [3.05, 3.63) is 144 Å². The summed E-state index contributed by atoms with van der Waals surface area (Å²) in [4.78, 5) is 65.5. The van der Waals surface area contributed by atoms with Crippen LogP contribution in [0.4, 0.5) is 15.3 Å². The zero-order valence-electron chi connectivity index (χ0n) is 44.1. The third kappa shape index (κ3) is 12.8. The molecule has 3 aliphatic rings. The van der Waals surface area contributed by atoms with Gasteiger partial charge in [-0.1, -0.05) is 150 Å². The maximum absolute atomic E-state index is 13.8. The molecule has 76 heavy (non-hydrogen) atoms. The number of hydrogen-bond donors (Lipinski definition) is 2. The second kappa shape index (κ2) is 25.2. The molecule has 0 bridgehead atoms. The molecule has 402 valence electrons. The number of ether oxygens (including phenoxy) is 7. The van der Waals surface area contributed by atoms with Gasteiger partial charge in [0, 0.05) is 38.3 Å². The van der Waals surface area contributed by atoms with Gasteiger partial charge < -0.3 is 48.2 Å². The number of benzene rings is 5. The Hall–Kier alpha value is -7.05. The van der Waals surface area contributed by atoms with E-state index in [1.807, 2.05) is 62.4 Å². The Bertz CT molecular complexity index is 2710. The molecule has 0 spiro atoms. The van der Waals surface area contributed by atoms with Crippen molar-refractivity contribution in [1.82, 2.24) is 10.2 Å². The summed E-state index contributed by atoms with van der Waals surface area (Å²) < 4.78 is 48.2. The fraction of sp³-hybridized carbons (Fsp3) is 0.407. The minimum atomic E-state index is -2.75. The van der Waals surface area contributed by atoms with E-state index in [-0.39, 0.29) is 67.0 Å². The second-order valence-corrected chi connectivity index (χ2v) is 24.8. The van der Waals surface area contributed by atoms with Crippen LogP contribution in [0.1, 0.15) is 83.4 Å². The van der Waals surface area contributed by atoms with Gasteiger partial charge in [0.2, 0.25) is 12.2 Å². The fourth-order valence-electron chi connectivity index (χ4n) is 10.6. The zero-order valence-corrected chi connectivity index (χ0v) is 45.1. The summed E-state index contributed by atoms with van der Waals surface area (Å²) in [5, 5.41) is 7.76. The molecule has 0 saturated carbocycles. The number of esters is 1. The molecule has 2 N–H and O–H groups in total. The highest BCUT2D eigenvalue weighted by Crippen LogP contribution is 2.45. The number of nitrogens with one attached hydrogen (secondary N) is 2. The van der Waals surface area contributed by atoms with Crippen LogP contribution in [0.3, 0.4) is 0 Å². The summed E-state index contributed by atoms with van der Waals surface area (Å²) in [6.45, 7) is 13.1. The predicted molar refractivity (Wildman–Crippen MR) is 287 cm³/mol. The van der Waals surface area contributed by atoms with E-state index in [1.54, 1.807) is 23.1 Å². The summed E-state index contributed by atoms with van der Waals surface area (Å²) in [6.07, 6.45) is -3.38. The van der Waals surface area contributed by atoms with E-state index in [0.29, 0.717) is 44.6 Å². The molecule has 0 radical (unpaired) electrons. The van der Waals surface area contributed by atoms with E-state index in [4.69, 9.17) is 37.6 Å². The van der Waals surface area contributed by atoms with Crippen LogP contribution in [0.15, 0.2) is 127 Å². The standard InChI is InChI=1S/C59H69N3O13Si/c1-39-40(2)55(73-41(3)64)56(75-52(39)37-68-38-63)74-51-28-27-42(34-50(51)61-53(65)29-30-60-57(66)70-36-49-47-24-15-13-22-45(47)46-23-14-16-25-48(46)49)35-71-58(67)62-31-33-69-54(62)26-17-32-72-76(59(4,5)6,43-18-9-7-10-19-43)44-20-11-8-12-21-44/h7-16,18-25,27-28,34,38-40,49,52,54-56H,17,26,29-33,35-37H2,1-6H3,(H,60,66)(H,61,65)/t39-,40-,52+,54?,55+,56?/m0/s1. The van der Waals surface area contributed by atoms with E-state index in [0.717, 1.165) is 22.3 Å². The molecule has 0 aromatic heterocycles. The highest BCUT2D eigenvalue weighted by molar-refractivity contribution is 6.99. The third-order valence-electron chi connectivity index (χ3n) is 14.6. The van der Waals surface area contributed by atoms with Gasteiger partial charge in [-0.25, -0.2) is 9.59 Å². The first-order valence-electron chi connectivity index (χ1n) is 26.0. The van der Waals surface area contributed by atoms with Crippen LogP contribution in [0, 0.1) is 11.8 Å². The van der Waals surface area contributed by atoms with Crippen molar-refractivity contribution in [2.75, 3.05) is 44.8 Å². The first kappa shape index (κ1) is 55.2. The van der Waals surface area contributed by atoms with Gasteiger partial charge in [0.05, 0.1) is 24.9 Å². The van der Waals surface area contributed by atoms with Crippen LogP contribution >= 0.6 is 0 Å². The van der Waals surface area contributed by atoms with Crippen LogP contribution in [-0.4, -0.2) is 108 Å². The third-order valence-corrected chi connectivity index (χ3v) is 19.6. The number of nitrogens with zero attached hydrogens (tertiary/aromatic N) is 1.